The van der Waals surface area contributed by atoms with Crippen LogP contribution in [0.25, 0.3) is 33.4 Å². The van der Waals surface area contributed by atoms with Gasteiger partial charge in [0.25, 0.3) is 0 Å². The number of benzene rings is 2. The van der Waals surface area contributed by atoms with Gasteiger partial charge in [-0.05, 0) is 23.3 Å². The van der Waals surface area contributed by atoms with Gasteiger partial charge in [0.05, 0.1) is 30.9 Å². The second kappa shape index (κ2) is 10.3. The maximum absolute atomic E-state index is 15.1. The van der Waals surface area contributed by atoms with Gasteiger partial charge >= 0.3 is 0 Å². The molecule has 198 valence electrons. The number of rotatable bonds is 8. The largest absolute Gasteiger partial charge is 0.470 e. The molecule has 2 aliphatic rings. The quantitative estimate of drug-likeness (QED) is 0.364. The Hall–Kier alpha value is -3.50. The number of halogens is 1. The molecule has 4 aromatic rings. The fourth-order valence-electron chi connectivity index (χ4n) is 5.07. The molecule has 0 radical (unpaired) electrons. The van der Waals surface area contributed by atoms with Crippen molar-refractivity contribution in [2.75, 3.05) is 45.4 Å². The SMILES string of the molecule is COCCN(C)c1ccc(-c2ccc(-c3nc4cc(O[C@@H]5COC6C5OC[C@H]6O)[nH]c4cc3F)cc2)cc1. The average molecular weight is 520 g/mol. The molecule has 0 spiro atoms. The molecule has 0 aliphatic carbocycles. The zero-order valence-corrected chi connectivity index (χ0v) is 21.3. The fourth-order valence-corrected chi connectivity index (χ4v) is 5.07. The van der Waals surface area contributed by atoms with Crippen LogP contribution in [-0.2, 0) is 14.2 Å². The Bertz CT molecular complexity index is 1410. The van der Waals surface area contributed by atoms with Gasteiger partial charge in [-0.25, -0.2) is 9.37 Å². The first-order valence-corrected chi connectivity index (χ1v) is 12.7. The molecule has 2 saturated heterocycles. The van der Waals surface area contributed by atoms with Crippen molar-refractivity contribution in [3.8, 4) is 28.3 Å². The van der Waals surface area contributed by atoms with Crippen LogP contribution in [-0.4, -0.2) is 80.0 Å². The highest BCUT2D eigenvalue weighted by atomic mass is 19.1. The molecule has 0 saturated carbocycles. The number of anilines is 1. The topological polar surface area (TPSA) is 89.1 Å². The molecule has 4 heterocycles. The third kappa shape index (κ3) is 4.74. The molecule has 2 N–H and O–H groups in total. The van der Waals surface area contributed by atoms with Crippen molar-refractivity contribution in [1.82, 2.24) is 9.97 Å². The van der Waals surface area contributed by atoms with E-state index >= 15 is 4.39 Å². The lowest BCUT2D eigenvalue weighted by atomic mass is 10.0. The highest BCUT2D eigenvalue weighted by molar-refractivity contribution is 5.81. The van der Waals surface area contributed by atoms with Crippen LogP contribution >= 0.6 is 0 Å². The van der Waals surface area contributed by atoms with Crippen LogP contribution in [0, 0.1) is 5.82 Å². The molecule has 6 rings (SSSR count). The smallest absolute Gasteiger partial charge is 0.193 e. The standard InChI is InChI=1S/C29H30FN3O5/c1-33(11-12-35-2)20-9-7-18(8-10-20)17-3-5-19(6-4-17)27-21(30)13-22-23(32-27)14-26(31-22)38-25-16-37-28-24(34)15-36-29(25)28/h3-10,13-14,24-25,28-29,31,34H,11-12,15-16H2,1-2H3/t24-,25-,28?,29?/m1/s1. The summed E-state index contributed by atoms with van der Waals surface area (Å²) in [4.78, 5) is 9.79. The molecule has 0 amide bonds. The lowest BCUT2D eigenvalue weighted by molar-refractivity contribution is 0.00794. The van der Waals surface area contributed by atoms with E-state index in [1.54, 1.807) is 13.2 Å². The summed E-state index contributed by atoms with van der Waals surface area (Å²) in [6.07, 6.45) is -1.72. The van der Waals surface area contributed by atoms with Crippen molar-refractivity contribution in [1.29, 1.82) is 0 Å². The van der Waals surface area contributed by atoms with E-state index in [1.165, 1.54) is 6.07 Å². The van der Waals surface area contributed by atoms with E-state index in [0.717, 1.165) is 23.4 Å². The number of methoxy groups -OCH3 is 1. The Labute approximate surface area is 219 Å². The summed E-state index contributed by atoms with van der Waals surface area (Å²) in [5.41, 5.74) is 5.33. The van der Waals surface area contributed by atoms with E-state index in [0.29, 0.717) is 35.7 Å². The molecule has 2 aromatic heterocycles. The number of nitrogens with zero attached hydrogens (tertiary/aromatic N) is 2. The Morgan fingerprint density at radius 3 is 2.42 bits per heavy atom. The number of nitrogens with one attached hydrogen (secondary N) is 1. The van der Waals surface area contributed by atoms with Gasteiger partial charge in [0.2, 0.25) is 0 Å². The molecule has 4 atom stereocenters. The number of hydrogen-bond acceptors (Lipinski definition) is 7. The third-order valence-corrected chi connectivity index (χ3v) is 7.22. The predicted octanol–water partition coefficient (Wildman–Crippen LogP) is 4.02. The van der Waals surface area contributed by atoms with Crippen LogP contribution in [0.1, 0.15) is 0 Å². The summed E-state index contributed by atoms with van der Waals surface area (Å²) >= 11 is 0. The van der Waals surface area contributed by atoms with Gasteiger partial charge in [-0.3, -0.25) is 0 Å². The van der Waals surface area contributed by atoms with Crippen LogP contribution in [0.3, 0.4) is 0 Å². The number of aliphatic hydroxyl groups excluding tert-OH is 1. The molecule has 9 heteroatoms. The Morgan fingerprint density at radius 2 is 1.68 bits per heavy atom. The number of ether oxygens (including phenoxy) is 4. The number of pyridine rings is 1. The van der Waals surface area contributed by atoms with Crippen molar-refractivity contribution in [3.63, 3.8) is 0 Å². The van der Waals surface area contributed by atoms with Gasteiger partial charge in [-0.1, -0.05) is 36.4 Å². The lowest BCUT2D eigenvalue weighted by Gasteiger charge is -2.19. The molecule has 38 heavy (non-hydrogen) atoms. The first kappa shape index (κ1) is 24.8. The highest BCUT2D eigenvalue weighted by Crippen LogP contribution is 2.32. The summed E-state index contributed by atoms with van der Waals surface area (Å²) < 4.78 is 37.5. The van der Waals surface area contributed by atoms with E-state index in [1.807, 2.05) is 31.3 Å². The van der Waals surface area contributed by atoms with Gasteiger partial charge in [0, 0.05) is 44.1 Å². The molecular formula is C29H30FN3O5. The summed E-state index contributed by atoms with van der Waals surface area (Å²) in [6.45, 7) is 2.03. The number of likely N-dealkylation sites (N-methyl/N-ethyl adjacent to an activating group) is 1. The first-order valence-electron chi connectivity index (χ1n) is 12.7. The molecular weight excluding hydrogens is 489 g/mol. The Morgan fingerprint density at radius 1 is 1.00 bits per heavy atom. The van der Waals surface area contributed by atoms with Gasteiger partial charge in [-0.2, -0.15) is 0 Å². The molecule has 2 aliphatic heterocycles. The molecule has 2 aromatic carbocycles. The van der Waals surface area contributed by atoms with Gasteiger partial charge in [-0.15, -0.1) is 0 Å². The first-order chi connectivity index (χ1) is 18.5. The van der Waals surface area contributed by atoms with Gasteiger partial charge in [0.15, 0.2) is 17.8 Å². The Kier molecular flexibility index (Phi) is 6.75. The number of aliphatic hydroxyl groups is 1. The minimum Gasteiger partial charge on any atom is -0.470 e. The second-order valence-corrected chi connectivity index (χ2v) is 9.74. The number of fused-ring (bicyclic) bond motifs is 2. The predicted molar refractivity (Wildman–Crippen MR) is 142 cm³/mol. The zero-order chi connectivity index (χ0) is 26.2. The minimum atomic E-state index is -0.645. The van der Waals surface area contributed by atoms with Crippen molar-refractivity contribution in [2.24, 2.45) is 0 Å². The average Bonchev–Trinajstić information content (AvgIpc) is 3.63. The van der Waals surface area contributed by atoms with E-state index in [4.69, 9.17) is 18.9 Å². The number of aromatic amines is 1. The third-order valence-electron chi connectivity index (χ3n) is 7.22. The van der Waals surface area contributed by atoms with E-state index in [-0.39, 0.29) is 30.6 Å². The molecule has 0 bridgehead atoms. The van der Waals surface area contributed by atoms with Crippen LogP contribution < -0.4 is 9.64 Å². The van der Waals surface area contributed by atoms with Crippen LogP contribution in [0.2, 0.25) is 0 Å². The van der Waals surface area contributed by atoms with Crippen molar-refractivity contribution < 1.29 is 28.4 Å². The summed E-state index contributed by atoms with van der Waals surface area (Å²) in [7, 11) is 3.73. The van der Waals surface area contributed by atoms with Crippen LogP contribution in [0.5, 0.6) is 5.88 Å². The summed E-state index contributed by atoms with van der Waals surface area (Å²) in [5.74, 6) is 0.0311. The van der Waals surface area contributed by atoms with Crippen LogP contribution in [0.15, 0.2) is 60.7 Å². The maximum atomic E-state index is 15.1. The minimum absolute atomic E-state index is 0.231. The van der Waals surface area contributed by atoms with E-state index in [2.05, 4.69) is 39.1 Å². The van der Waals surface area contributed by atoms with E-state index in [9.17, 15) is 5.11 Å². The van der Waals surface area contributed by atoms with Crippen LogP contribution in [0.4, 0.5) is 10.1 Å². The van der Waals surface area contributed by atoms with Crippen molar-refractivity contribution >= 4 is 16.7 Å². The summed E-state index contributed by atoms with van der Waals surface area (Å²) in [6, 6.07) is 19.2. The van der Waals surface area contributed by atoms with E-state index < -0.39 is 11.9 Å². The van der Waals surface area contributed by atoms with Crippen molar-refractivity contribution in [3.05, 3.63) is 66.5 Å². The lowest BCUT2D eigenvalue weighted by Crippen LogP contribution is -2.34. The summed E-state index contributed by atoms with van der Waals surface area (Å²) in [5, 5.41) is 9.93. The number of aromatic nitrogens is 2. The monoisotopic (exact) mass is 519 g/mol. The van der Waals surface area contributed by atoms with Gasteiger partial charge in [0.1, 0.15) is 24.0 Å². The molecule has 8 nitrogen and oxygen atoms in total. The second-order valence-electron chi connectivity index (χ2n) is 9.74. The normalized spacial score (nSPS) is 22.6. The number of H-pyrrole nitrogens is 1. The highest BCUT2D eigenvalue weighted by Gasteiger charge is 2.48. The fraction of sp³-hybridized carbons (Fsp3) is 0.345. The molecule has 2 fully saturated rings. The number of hydrogen-bond donors (Lipinski definition) is 2. The zero-order valence-electron chi connectivity index (χ0n) is 21.3. The Balaban J connectivity index is 1.18. The van der Waals surface area contributed by atoms with Crippen molar-refractivity contribution in [2.45, 2.75) is 24.4 Å². The molecule has 2 unspecified atom stereocenters. The maximum Gasteiger partial charge on any atom is 0.193 e. The van der Waals surface area contributed by atoms with Gasteiger partial charge < -0.3 is 33.9 Å².